The first-order valence-electron chi connectivity index (χ1n) is 12.2. The van der Waals surface area contributed by atoms with E-state index < -0.39 is 17.5 Å². The highest BCUT2D eigenvalue weighted by Crippen LogP contribution is 2.53. The summed E-state index contributed by atoms with van der Waals surface area (Å²) in [6.45, 7) is 0.209. The van der Waals surface area contributed by atoms with Gasteiger partial charge in [0.05, 0.1) is 25.2 Å². The maximum absolute atomic E-state index is 13.2. The normalized spacial score (nSPS) is 12.8. The van der Waals surface area contributed by atoms with Crippen LogP contribution < -0.4 is 29.9 Å². The Morgan fingerprint density at radius 2 is 1.82 bits per heavy atom. The van der Waals surface area contributed by atoms with Gasteiger partial charge in [0.25, 0.3) is 0 Å². The van der Waals surface area contributed by atoms with Crippen LogP contribution in [0.5, 0.6) is 28.7 Å². The quantitative estimate of drug-likeness (QED) is 0.306. The number of rotatable bonds is 9. The van der Waals surface area contributed by atoms with Crippen molar-refractivity contribution >= 4 is 16.9 Å². The fraction of sp³-hybridized carbons (Fsp3) is 0.241. The zero-order chi connectivity index (χ0) is 27.5. The highest BCUT2D eigenvalue weighted by Gasteiger charge is 2.35. The highest BCUT2D eigenvalue weighted by atomic mass is 19.1. The van der Waals surface area contributed by atoms with Gasteiger partial charge in [-0.05, 0) is 42.3 Å². The van der Waals surface area contributed by atoms with Gasteiger partial charge in [-0.3, -0.25) is 4.79 Å². The molecule has 0 spiro atoms. The second-order valence-corrected chi connectivity index (χ2v) is 8.90. The molecule has 0 saturated carbocycles. The third kappa shape index (κ3) is 5.05. The largest absolute Gasteiger partial charge is 0.507 e. The van der Waals surface area contributed by atoms with Crippen molar-refractivity contribution < 1.29 is 37.7 Å². The summed E-state index contributed by atoms with van der Waals surface area (Å²) in [5.74, 6) is -0.905. The average molecular weight is 536 g/mol. The van der Waals surface area contributed by atoms with Gasteiger partial charge in [-0.2, -0.15) is 0 Å². The van der Waals surface area contributed by atoms with E-state index in [9.17, 15) is 19.1 Å². The molecule has 4 aromatic rings. The molecule has 202 valence electrons. The lowest BCUT2D eigenvalue weighted by Gasteiger charge is -2.22. The number of nitrogens with one attached hydrogen (secondary N) is 1. The number of halogens is 1. The molecule has 1 atom stereocenters. The van der Waals surface area contributed by atoms with E-state index in [4.69, 9.17) is 23.4 Å². The summed E-state index contributed by atoms with van der Waals surface area (Å²) in [6, 6.07) is 14.2. The lowest BCUT2D eigenvalue weighted by Crippen LogP contribution is -2.29. The predicted molar refractivity (Wildman–Crippen MR) is 139 cm³/mol. The van der Waals surface area contributed by atoms with Gasteiger partial charge in [-0.1, -0.05) is 24.3 Å². The van der Waals surface area contributed by atoms with Crippen molar-refractivity contribution in [3.05, 3.63) is 87.5 Å². The van der Waals surface area contributed by atoms with Gasteiger partial charge in [0.15, 0.2) is 11.5 Å². The van der Waals surface area contributed by atoms with E-state index in [1.54, 1.807) is 42.5 Å². The Hall–Kier alpha value is -4.73. The number of hydrogen-bond acceptors (Lipinski definition) is 8. The van der Waals surface area contributed by atoms with Crippen LogP contribution in [0.25, 0.3) is 11.0 Å². The van der Waals surface area contributed by atoms with Gasteiger partial charge in [-0.25, -0.2) is 9.18 Å². The summed E-state index contributed by atoms with van der Waals surface area (Å²) < 4.78 is 41.0. The molecule has 0 unspecified atom stereocenters. The van der Waals surface area contributed by atoms with E-state index in [0.717, 1.165) is 5.56 Å². The number of para-hydroxylation sites is 1. The molecule has 0 aliphatic carbocycles. The first-order chi connectivity index (χ1) is 18.9. The number of methoxy groups -OCH3 is 2. The molecule has 0 fully saturated rings. The molecule has 0 saturated heterocycles. The summed E-state index contributed by atoms with van der Waals surface area (Å²) in [6.07, 6.45) is 0.237. The second-order valence-electron chi connectivity index (χ2n) is 8.90. The average Bonchev–Trinajstić information content (AvgIpc) is 3.43. The highest BCUT2D eigenvalue weighted by molar-refractivity contribution is 5.85. The lowest BCUT2D eigenvalue weighted by atomic mass is 9.86. The lowest BCUT2D eigenvalue weighted by molar-refractivity contribution is -0.121. The van der Waals surface area contributed by atoms with Gasteiger partial charge >= 0.3 is 5.63 Å². The van der Waals surface area contributed by atoms with Crippen LogP contribution in [0, 0.1) is 5.82 Å². The molecule has 2 N–H and O–H groups in total. The van der Waals surface area contributed by atoms with Gasteiger partial charge in [-0.15, -0.1) is 0 Å². The van der Waals surface area contributed by atoms with Gasteiger partial charge < -0.3 is 33.8 Å². The second kappa shape index (κ2) is 10.9. The zero-order valence-electron chi connectivity index (χ0n) is 21.3. The van der Waals surface area contributed by atoms with Crippen LogP contribution in [-0.2, 0) is 11.2 Å². The van der Waals surface area contributed by atoms with Crippen LogP contribution in [0.3, 0.4) is 0 Å². The molecule has 5 rings (SSSR count). The first-order valence-corrected chi connectivity index (χ1v) is 12.2. The number of amides is 1. The fourth-order valence-electron chi connectivity index (χ4n) is 4.73. The van der Waals surface area contributed by atoms with Crippen molar-refractivity contribution in [2.24, 2.45) is 0 Å². The van der Waals surface area contributed by atoms with E-state index in [1.807, 2.05) is 0 Å². The summed E-state index contributed by atoms with van der Waals surface area (Å²) in [5.41, 5.74) is 0.519. The standard InChI is InChI=1S/C29H26FNO8/c1-35-22-13-20(26(36-2)28-27(22)37-15-38-28)19(14-23(32)31-12-11-16-7-9-17(30)10-8-16)24-25(33)18-5-3-4-6-21(18)39-29(24)34/h3-10,13,19,33H,11-12,14-15H2,1-2H3,(H,31,32)/t19-/m0/s1. The number of carbonyl (C=O) groups excluding carboxylic acids is 1. The van der Waals surface area contributed by atoms with Crippen molar-refractivity contribution in [1.82, 2.24) is 5.32 Å². The van der Waals surface area contributed by atoms with Crippen LogP contribution >= 0.6 is 0 Å². The summed E-state index contributed by atoms with van der Waals surface area (Å²) in [5, 5.41) is 14.4. The van der Waals surface area contributed by atoms with Crippen molar-refractivity contribution in [3.63, 3.8) is 0 Å². The van der Waals surface area contributed by atoms with Crippen LogP contribution in [0.1, 0.15) is 29.0 Å². The number of aromatic hydroxyl groups is 1. The minimum absolute atomic E-state index is 0.0661. The van der Waals surface area contributed by atoms with Crippen molar-refractivity contribution in [3.8, 4) is 28.7 Å². The Bertz CT molecular complexity index is 1580. The predicted octanol–water partition coefficient (Wildman–Crippen LogP) is 4.26. The number of hydrogen-bond donors (Lipinski definition) is 2. The molecular formula is C29H26FNO8. The topological polar surface area (TPSA) is 116 Å². The van der Waals surface area contributed by atoms with Crippen molar-refractivity contribution in [2.45, 2.75) is 18.8 Å². The molecule has 3 aromatic carbocycles. The molecule has 1 aromatic heterocycles. The van der Waals surface area contributed by atoms with E-state index in [1.165, 1.54) is 26.4 Å². The van der Waals surface area contributed by atoms with Crippen molar-refractivity contribution in [1.29, 1.82) is 0 Å². The van der Waals surface area contributed by atoms with Crippen LogP contribution in [-0.4, -0.2) is 38.6 Å². The zero-order valence-corrected chi connectivity index (χ0v) is 21.3. The summed E-state index contributed by atoms with van der Waals surface area (Å²) in [7, 11) is 2.88. The molecule has 1 aliphatic heterocycles. The molecule has 2 heterocycles. The molecule has 10 heteroatoms. The smallest absolute Gasteiger partial charge is 0.343 e. The molecule has 0 radical (unpaired) electrons. The fourth-order valence-corrected chi connectivity index (χ4v) is 4.73. The number of fused-ring (bicyclic) bond motifs is 2. The Kier molecular flexibility index (Phi) is 7.27. The molecule has 39 heavy (non-hydrogen) atoms. The first kappa shape index (κ1) is 25.9. The van der Waals surface area contributed by atoms with E-state index in [2.05, 4.69) is 5.32 Å². The van der Waals surface area contributed by atoms with E-state index in [0.29, 0.717) is 28.9 Å². The molecular weight excluding hydrogens is 509 g/mol. The van der Waals surface area contributed by atoms with Crippen LogP contribution in [0.4, 0.5) is 4.39 Å². The van der Waals surface area contributed by atoms with Crippen molar-refractivity contribution in [2.75, 3.05) is 27.6 Å². The van der Waals surface area contributed by atoms with Gasteiger partial charge in [0, 0.05) is 24.4 Å². The Balaban J connectivity index is 1.55. The molecule has 9 nitrogen and oxygen atoms in total. The molecule has 1 aliphatic rings. The maximum atomic E-state index is 13.2. The molecule has 0 bridgehead atoms. The molecule has 1 amide bonds. The third-order valence-corrected chi connectivity index (χ3v) is 6.60. The van der Waals surface area contributed by atoms with E-state index in [-0.39, 0.29) is 54.0 Å². The van der Waals surface area contributed by atoms with Crippen LogP contribution in [0.2, 0.25) is 0 Å². The summed E-state index contributed by atoms with van der Waals surface area (Å²) in [4.78, 5) is 26.5. The minimum atomic E-state index is -1.00. The maximum Gasteiger partial charge on any atom is 0.343 e. The Morgan fingerprint density at radius 3 is 2.56 bits per heavy atom. The Labute approximate surface area is 222 Å². The van der Waals surface area contributed by atoms with Gasteiger partial charge in [0.1, 0.15) is 17.1 Å². The third-order valence-electron chi connectivity index (χ3n) is 6.60. The minimum Gasteiger partial charge on any atom is -0.507 e. The number of carbonyl (C=O) groups is 1. The summed E-state index contributed by atoms with van der Waals surface area (Å²) >= 11 is 0. The van der Waals surface area contributed by atoms with Crippen LogP contribution in [0.15, 0.2) is 63.8 Å². The van der Waals surface area contributed by atoms with Gasteiger partial charge in [0.2, 0.25) is 24.2 Å². The Morgan fingerprint density at radius 1 is 1.08 bits per heavy atom. The number of benzene rings is 3. The number of ether oxygens (including phenoxy) is 4. The monoisotopic (exact) mass is 535 g/mol. The van der Waals surface area contributed by atoms with E-state index >= 15 is 0 Å². The SMILES string of the molecule is COc1cc([C@H](CC(=O)NCCc2ccc(F)cc2)c2c(O)c3ccccc3oc2=O)c(OC)c2c1OCO2.